The van der Waals surface area contributed by atoms with Crippen molar-refractivity contribution in [2.45, 2.75) is 94.8 Å². The Morgan fingerprint density at radius 1 is 0.984 bits per heavy atom. The van der Waals surface area contributed by atoms with E-state index in [1.807, 2.05) is 26.1 Å². The van der Waals surface area contributed by atoms with Crippen LogP contribution in [0.5, 0.6) is 11.8 Å². The number of hydrogen-bond acceptors (Lipinski definition) is 14. The molecule has 5 aromatic rings. The molecule has 1 N–H and O–H groups in total. The van der Waals surface area contributed by atoms with Gasteiger partial charge in [0.1, 0.15) is 24.1 Å². The molecular formula is C49H61N9O6. The number of pyridine rings is 1. The van der Waals surface area contributed by atoms with Gasteiger partial charge in [-0.2, -0.15) is 9.97 Å². The first kappa shape index (κ1) is 41.6. The van der Waals surface area contributed by atoms with Crippen molar-refractivity contribution < 1.29 is 28.6 Å². The summed E-state index contributed by atoms with van der Waals surface area (Å²) in [6.07, 6.45) is 8.89. The van der Waals surface area contributed by atoms with Gasteiger partial charge in [0.25, 0.3) is 0 Å². The van der Waals surface area contributed by atoms with E-state index in [9.17, 15) is 9.90 Å². The first-order valence-corrected chi connectivity index (χ1v) is 23.5. The summed E-state index contributed by atoms with van der Waals surface area (Å²) in [4.78, 5) is 40.5. The SMILES string of the molecule is COCOc1cc2c3c(cccc3c1)C(C)c1c-2ncc2c(N3CC4CCC(C3)N4C)nc(OC[C@@]34CCCN3[C@H](CN3CCN(c5cc(C(C(=O)O)C(C)C)on5)CC3)CC4)nc12. The number of benzene rings is 2. The molecule has 5 fully saturated rings. The highest BCUT2D eigenvalue weighted by Gasteiger charge is 2.50. The summed E-state index contributed by atoms with van der Waals surface area (Å²) in [7, 11) is 3.92. The lowest BCUT2D eigenvalue weighted by atomic mass is 9.79. The third-order valence-electron chi connectivity index (χ3n) is 15.8. The van der Waals surface area contributed by atoms with Crippen molar-refractivity contribution >= 4 is 39.3 Å². The fourth-order valence-corrected chi connectivity index (χ4v) is 12.4. The van der Waals surface area contributed by atoms with Gasteiger partial charge in [-0.1, -0.05) is 44.1 Å². The van der Waals surface area contributed by atoms with Gasteiger partial charge in [0.15, 0.2) is 18.4 Å². The van der Waals surface area contributed by atoms with Crippen molar-refractivity contribution in [2.75, 3.05) is 89.7 Å². The average molecular weight is 872 g/mol. The van der Waals surface area contributed by atoms with Crippen LogP contribution in [0.4, 0.5) is 11.6 Å². The van der Waals surface area contributed by atoms with Gasteiger partial charge in [-0.05, 0) is 86.5 Å². The number of rotatable bonds is 13. The van der Waals surface area contributed by atoms with E-state index < -0.39 is 11.9 Å². The highest BCUT2D eigenvalue weighted by molar-refractivity contribution is 6.06. The van der Waals surface area contributed by atoms with Crippen molar-refractivity contribution in [3.8, 4) is 23.0 Å². The number of nitrogens with zero attached hydrogens (tertiary/aromatic N) is 9. The van der Waals surface area contributed by atoms with E-state index in [1.165, 1.54) is 23.8 Å². The number of carboxylic acid groups (broad SMARTS) is 1. The fraction of sp³-hybridized carbons (Fsp3) is 0.571. The highest BCUT2D eigenvalue weighted by Crippen LogP contribution is 2.49. The second kappa shape index (κ2) is 16.4. The Balaban J connectivity index is 0.857. The largest absolute Gasteiger partial charge is 0.481 e. The Morgan fingerprint density at radius 3 is 2.56 bits per heavy atom. The third-order valence-corrected chi connectivity index (χ3v) is 15.8. The highest BCUT2D eigenvalue weighted by atomic mass is 16.7. The summed E-state index contributed by atoms with van der Waals surface area (Å²) in [6, 6.07) is 14.4. The molecule has 11 rings (SSSR count). The van der Waals surface area contributed by atoms with Gasteiger partial charge in [0.2, 0.25) is 0 Å². The van der Waals surface area contributed by atoms with Crippen LogP contribution >= 0.6 is 0 Å². The van der Waals surface area contributed by atoms with Gasteiger partial charge in [0.05, 0.1) is 22.1 Å². The minimum absolute atomic E-state index is 0.0513. The molecule has 2 aromatic carbocycles. The quantitative estimate of drug-likeness (QED) is 0.127. The summed E-state index contributed by atoms with van der Waals surface area (Å²) in [6.45, 7) is 14.2. The molecule has 0 amide bonds. The number of anilines is 2. The minimum Gasteiger partial charge on any atom is -0.481 e. The van der Waals surface area contributed by atoms with Crippen LogP contribution in [-0.4, -0.2) is 149 Å². The molecule has 338 valence electrons. The molecule has 6 atom stereocenters. The molecule has 0 spiro atoms. The smallest absolute Gasteiger partial charge is 0.319 e. The summed E-state index contributed by atoms with van der Waals surface area (Å²) in [5, 5.41) is 17.4. The van der Waals surface area contributed by atoms with E-state index in [-0.39, 0.29) is 24.2 Å². The van der Waals surface area contributed by atoms with Crippen LogP contribution in [0.25, 0.3) is 32.9 Å². The van der Waals surface area contributed by atoms with E-state index in [0.29, 0.717) is 36.5 Å². The molecule has 6 aliphatic rings. The van der Waals surface area contributed by atoms with Crippen LogP contribution in [0, 0.1) is 5.92 Å². The molecule has 0 radical (unpaired) electrons. The molecule has 8 heterocycles. The lowest BCUT2D eigenvalue weighted by molar-refractivity contribution is -0.140. The van der Waals surface area contributed by atoms with Crippen LogP contribution < -0.4 is 19.3 Å². The van der Waals surface area contributed by atoms with Crippen LogP contribution in [0.2, 0.25) is 0 Å². The number of carboxylic acids is 1. The lowest BCUT2D eigenvalue weighted by Gasteiger charge is -2.40. The Kier molecular flexibility index (Phi) is 10.7. The summed E-state index contributed by atoms with van der Waals surface area (Å²) >= 11 is 0. The molecule has 5 saturated heterocycles. The standard InChI is InChI=1S/C49H61N9O6/c1-29(2)41(47(59)60)39-22-40(53-64-39)56-18-16-55(17-19-56)24-34-12-14-49(13-7-15-58(34)49)27-62-48-51-45-38(46(52-48)57-25-32-10-11-33(26-57)54(32)4)23-50-44-37-21-35(63-28-61-5)20-31-8-6-9-36(43(31)37)30(3)42(44)45/h6,8-9,20-23,29-30,32-34,41H,7,10-19,24-28H2,1-5H3,(H,59,60)/t30?,32?,33?,34-,41?,49-/m0/s1. The molecule has 2 bridgehead atoms. The molecule has 1 aliphatic carbocycles. The molecule has 0 saturated carbocycles. The van der Waals surface area contributed by atoms with E-state index in [1.54, 1.807) is 7.11 Å². The number of ether oxygens (including phenoxy) is 3. The zero-order valence-corrected chi connectivity index (χ0v) is 37.8. The second-order valence-corrected chi connectivity index (χ2v) is 19.7. The Labute approximate surface area is 374 Å². The molecule has 3 aromatic heterocycles. The van der Waals surface area contributed by atoms with Crippen molar-refractivity contribution in [3.63, 3.8) is 0 Å². The third kappa shape index (κ3) is 7.04. The van der Waals surface area contributed by atoms with Gasteiger partial charge < -0.3 is 33.6 Å². The molecule has 15 nitrogen and oxygen atoms in total. The normalized spacial score (nSPS) is 26.3. The molecule has 64 heavy (non-hydrogen) atoms. The van der Waals surface area contributed by atoms with Gasteiger partial charge in [-0.25, -0.2) is 0 Å². The van der Waals surface area contributed by atoms with Gasteiger partial charge in [0, 0.05) is 100 Å². The van der Waals surface area contributed by atoms with Gasteiger partial charge in [-0.15, -0.1) is 0 Å². The second-order valence-electron chi connectivity index (χ2n) is 19.7. The number of methoxy groups -OCH3 is 1. The van der Waals surface area contributed by atoms with Crippen molar-refractivity contribution in [2.24, 2.45) is 5.92 Å². The topological polar surface area (TPSA) is 146 Å². The summed E-state index contributed by atoms with van der Waals surface area (Å²) in [5.74, 6) is 1.22. The van der Waals surface area contributed by atoms with Crippen LogP contribution in [0.15, 0.2) is 47.1 Å². The maximum atomic E-state index is 11.9. The Morgan fingerprint density at radius 2 is 1.80 bits per heavy atom. The van der Waals surface area contributed by atoms with Gasteiger partial charge in [-0.3, -0.25) is 24.5 Å². The maximum absolute atomic E-state index is 11.9. The zero-order chi connectivity index (χ0) is 43.9. The Hall–Kier alpha value is -5.09. The number of likely N-dealkylation sites (N-methyl/N-ethyl adjacent to an activating group) is 1. The number of hydrogen-bond donors (Lipinski definition) is 1. The van der Waals surface area contributed by atoms with Crippen LogP contribution in [-0.2, 0) is 9.53 Å². The zero-order valence-electron chi connectivity index (χ0n) is 37.8. The Bertz CT molecular complexity index is 2560. The average Bonchev–Trinajstić information content (AvgIpc) is 4.06. The van der Waals surface area contributed by atoms with Crippen molar-refractivity contribution in [1.82, 2.24) is 34.8 Å². The van der Waals surface area contributed by atoms with E-state index >= 15 is 0 Å². The fourth-order valence-electron chi connectivity index (χ4n) is 12.4. The van der Waals surface area contributed by atoms with Crippen molar-refractivity contribution in [3.05, 3.63) is 59.5 Å². The monoisotopic (exact) mass is 871 g/mol. The predicted octanol–water partition coefficient (Wildman–Crippen LogP) is 6.59. The number of carbonyl (C=O) groups is 1. The number of fused-ring (bicyclic) bond motifs is 7. The first-order chi connectivity index (χ1) is 31.1. The molecule has 5 aliphatic heterocycles. The van der Waals surface area contributed by atoms with Crippen LogP contribution in [0.1, 0.15) is 88.0 Å². The van der Waals surface area contributed by atoms with E-state index in [2.05, 4.69) is 74.0 Å². The number of piperazine rings is 2. The molecule has 4 unspecified atom stereocenters. The van der Waals surface area contributed by atoms with Crippen molar-refractivity contribution in [1.29, 1.82) is 0 Å². The summed E-state index contributed by atoms with van der Waals surface area (Å²) in [5.41, 5.74) is 5.22. The molecular weight excluding hydrogens is 811 g/mol. The molecule has 15 heteroatoms. The van der Waals surface area contributed by atoms with Crippen LogP contribution in [0.3, 0.4) is 0 Å². The summed E-state index contributed by atoms with van der Waals surface area (Å²) < 4.78 is 23.8. The maximum Gasteiger partial charge on any atom is 0.319 e. The minimum atomic E-state index is -0.881. The lowest BCUT2D eigenvalue weighted by Crippen LogP contribution is -2.53. The first-order valence-electron chi connectivity index (χ1n) is 23.5. The van der Waals surface area contributed by atoms with E-state index in [0.717, 1.165) is 129 Å². The number of aliphatic carboxylic acids is 1. The predicted molar refractivity (Wildman–Crippen MR) is 245 cm³/mol. The van der Waals surface area contributed by atoms with Gasteiger partial charge >= 0.3 is 12.0 Å². The van der Waals surface area contributed by atoms with E-state index in [4.69, 9.17) is 33.7 Å². The number of aromatic nitrogens is 4.